The molecule has 7 heteroatoms. The predicted octanol–water partition coefficient (Wildman–Crippen LogP) is 2.35. The SMILES string of the molecule is CC(=O)OC[C@@H](OC(C)=O)[C@@H]1O[C@@H](C)[C@H](C)[C@@H]2OC3(CCCCC3)O[C@H]12. The Morgan fingerprint density at radius 2 is 1.69 bits per heavy atom. The molecule has 0 bridgehead atoms. The van der Waals surface area contributed by atoms with E-state index in [0.717, 1.165) is 25.7 Å². The average molecular weight is 370 g/mol. The van der Waals surface area contributed by atoms with Crippen LogP contribution >= 0.6 is 0 Å². The van der Waals surface area contributed by atoms with E-state index in [1.54, 1.807) is 0 Å². The molecule has 26 heavy (non-hydrogen) atoms. The summed E-state index contributed by atoms with van der Waals surface area (Å²) in [5.74, 6) is -1.28. The minimum Gasteiger partial charge on any atom is -0.462 e. The highest BCUT2D eigenvalue weighted by Crippen LogP contribution is 2.47. The Balaban J connectivity index is 1.81. The third-order valence-electron chi connectivity index (χ3n) is 5.73. The van der Waals surface area contributed by atoms with Crippen LogP contribution in [0.4, 0.5) is 0 Å². The molecule has 3 rings (SSSR count). The van der Waals surface area contributed by atoms with E-state index in [1.807, 2.05) is 6.92 Å². The lowest BCUT2D eigenvalue weighted by Gasteiger charge is -2.42. The maximum Gasteiger partial charge on any atom is 0.303 e. The molecule has 0 aromatic heterocycles. The molecule has 0 amide bonds. The van der Waals surface area contributed by atoms with Crippen molar-refractivity contribution in [3.8, 4) is 0 Å². The normalized spacial score (nSPS) is 37.0. The van der Waals surface area contributed by atoms with Crippen LogP contribution < -0.4 is 0 Å². The maximum atomic E-state index is 11.6. The fourth-order valence-corrected chi connectivity index (χ4v) is 4.27. The molecule has 1 aliphatic carbocycles. The van der Waals surface area contributed by atoms with Crippen molar-refractivity contribution in [2.75, 3.05) is 6.61 Å². The summed E-state index contributed by atoms with van der Waals surface area (Å²) in [4.78, 5) is 22.8. The Morgan fingerprint density at radius 1 is 1.04 bits per heavy atom. The average Bonchev–Trinajstić information content (AvgIpc) is 2.94. The van der Waals surface area contributed by atoms with Gasteiger partial charge < -0.3 is 23.7 Å². The molecule has 3 fully saturated rings. The Bertz CT molecular complexity index is 528. The number of ether oxygens (including phenoxy) is 5. The van der Waals surface area contributed by atoms with Crippen LogP contribution in [-0.4, -0.2) is 54.9 Å². The molecule has 7 nitrogen and oxygen atoms in total. The van der Waals surface area contributed by atoms with Gasteiger partial charge in [-0.2, -0.15) is 0 Å². The molecule has 0 radical (unpaired) electrons. The zero-order valence-corrected chi connectivity index (χ0v) is 16.1. The third kappa shape index (κ3) is 4.05. The second-order valence-corrected chi connectivity index (χ2v) is 7.75. The van der Waals surface area contributed by atoms with Gasteiger partial charge in [-0.05, 0) is 19.8 Å². The quantitative estimate of drug-likeness (QED) is 0.703. The zero-order valence-electron chi connectivity index (χ0n) is 16.1. The summed E-state index contributed by atoms with van der Waals surface area (Å²) in [6.07, 6.45) is 3.28. The lowest BCUT2D eigenvalue weighted by Crippen LogP contribution is -2.57. The van der Waals surface area contributed by atoms with Crippen molar-refractivity contribution in [3.63, 3.8) is 0 Å². The maximum absolute atomic E-state index is 11.6. The lowest BCUT2D eigenvalue weighted by molar-refractivity contribution is -0.217. The van der Waals surface area contributed by atoms with E-state index in [4.69, 9.17) is 23.7 Å². The molecule has 0 unspecified atom stereocenters. The van der Waals surface area contributed by atoms with Crippen molar-refractivity contribution in [1.29, 1.82) is 0 Å². The monoisotopic (exact) mass is 370 g/mol. The number of rotatable bonds is 4. The van der Waals surface area contributed by atoms with E-state index in [2.05, 4.69) is 6.92 Å². The second-order valence-electron chi connectivity index (χ2n) is 7.75. The number of hydrogen-bond acceptors (Lipinski definition) is 7. The predicted molar refractivity (Wildman–Crippen MR) is 91.2 cm³/mol. The molecule has 0 aromatic rings. The Labute approximate surface area is 154 Å². The summed E-state index contributed by atoms with van der Waals surface area (Å²) in [5.41, 5.74) is 0. The summed E-state index contributed by atoms with van der Waals surface area (Å²) in [5, 5.41) is 0. The molecule has 0 N–H and O–H groups in total. The van der Waals surface area contributed by atoms with Crippen LogP contribution in [0.2, 0.25) is 0 Å². The molecule has 3 aliphatic rings. The first-order chi connectivity index (χ1) is 12.3. The van der Waals surface area contributed by atoms with Gasteiger partial charge in [-0.15, -0.1) is 0 Å². The molecule has 2 heterocycles. The number of fused-ring (bicyclic) bond motifs is 1. The van der Waals surface area contributed by atoms with Gasteiger partial charge >= 0.3 is 11.9 Å². The van der Waals surface area contributed by atoms with Crippen LogP contribution in [0.15, 0.2) is 0 Å². The first-order valence-corrected chi connectivity index (χ1v) is 9.63. The highest BCUT2D eigenvalue weighted by atomic mass is 16.8. The van der Waals surface area contributed by atoms with Gasteiger partial charge in [0.1, 0.15) is 18.8 Å². The van der Waals surface area contributed by atoms with E-state index in [1.165, 1.54) is 20.3 Å². The van der Waals surface area contributed by atoms with Crippen molar-refractivity contribution < 1.29 is 33.3 Å². The molecule has 1 spiro atoms. The molecule has 148 valence electrons. The largest absolute Gasteiger partial charge is 0.462 e. The van der Waals surface area contributed by atoms with Gasteiger partial charge in [-0.3, -0.25) is 9.59 Å². The van der Waals surface area contributed by atoms with Crippen LogP contribution in [0, 0.1) is 5.92 Å². The van der Waals surface area contributed by atoms with Gasteiger partial charge in [0.2, 0.25) is 0 Å². The van der Waals surface area contributed by atoms with E-state index >= 15 is 0 Å². The van der Waals surface area contributed by atoms with Gasteiger partial charge in [0.05, 0.1) is 12.2 Å². The number of esters is 2. The van der Waals surface area contributed by atoms with Gasteiger partial charge in [0, 0.05) is 32.6 Å². The standard InChI is InChI=1S/C19H30O7/c1-11-12(2)23-17(15(24-14(4)21)10-22-13(3)20)18-16(11)25-19(26-18)8-6-5-7-9-19/h11-12,15-18H,5-10H2,1-4H3/t11-,12-,15+,16-,17-,18-/m0/s1. The number of carbonyl (C=O) groups excluding carboxylic acids is 2. The number of hydrogen-bond donors (Lipinski definition) is 0. The summed E-state index contributed by atoms with van der Waals surface area (Å²) < 4.78 is 29.6. The van der Waals surface area contributed by atoms with Gasteiger partial charge in [-0.25, -0.2) is 0 Å². The summed E-state index contributed by atoms with van der Waals surface area (Å²) in [7, 11) is 0. The minimum absolute atomic E-state index is 0.0553. The van der Waals surface area contributed by atoms with Crippen LogP contribution in [0.1, 0.15) is 59.8 Å². The Hall–Kier alpha value is -1.18. The first-order valence-electron chi connectivity index (χ1n) is 9.63. The van der Waals surface area contributed by atoms with E-state index in [-0.39, 0.29) is 30.8 Å². The summed E-state index contributed by atoms with van der Waals surface area (Å²) in [6.45, 7) is 6.69. The second kappa shape index (κ2) is 7.82. The number of carbonyl (C=O) groups is 2. The molecule has 1 saturated carbocycles. The van der Waals surface area contributed by atoms with Crippen LogP contribution in [-0.2, 0) is 33.3 Å². The Kier molecular flexibility index (Phi) is 5.89. The van der Waals surface area contributed by atoms with E-state index < -0.39 is 29.9 Å². The van der Waals surface area contributed by atoms with Crippen LogP contribution in [0.5, 0.6) is 0 Å². The summed E-state index contributed by atoms with van der Waals surface area (Å²) >= 11 is 0. The molecular weight excluding hydrogens is 340 g/mol. The van der Waals surface area contributed by atoms with Crippen molar-refractivity contribution in [1.82, 2.24) is 0 Å². The van der Waals surface area contributed by atoms with Crippen molar-refractivity contribution in [3.05, 3.63) is 0 Å². The molecule has 2 aliphatic heterocycles. The van der Waals surface area contributed by atoms with Gasteiger partial charge in [0.15, 0.2) is 11.9 Å². The lowest BCUT2D eigenvalue weighted by atomic mass is 9.87. The van der Waals surface area contributed by atoms with Gasteiger partial charge in [0.25, 0.3) is 0 Å². The smallest absolute Gasteiger partial charge is 0.303 e. The highest BCUT2D eigenvalue weighted by molar-refractivity contribution is 5.67. The Morgan fingerprint density at radius 3 is 2.31 bits per heavy atom. The molecular formula is C19H30O7. The highest BCUT2D eigenvalue weighted by Gasteiger charge is 2.58. The van der Waals surface area contributed by atoms with Crippen molar-refractivity contribution >= 4 is 11.9 Å². The molecule has 6 atom stereocenters. The van der Waals surface area contributed by atoms with Crippen molar-refractivity contribution in [2.24, 2.45) is 5.92 Å². The molecule has 2 saturated heterocycles. The van der Waals surface area contributed by atoms with E-state index in [9.17, 15) is 9.59 Å². The van der Waals surface area contributed by atoms with Crippen LogP contribution in [0.25, 0.3) is 0 Å². The van der Waals surface area contributed by atoms with E-state index in [0.29, 0.717) is 0 Å². The zero-order chi connectivity index (χ0) is 18.9. The first kappa shape index (κ1) is 19.6. The van der Waals surface area contributed by atoms with Crippen LogP contribution in [0.3, 0.4) is 0 Å². The fourth-order valence-electron chi connectivity index (χ4n) is 4.27. The van der Waals surface area contributed by atoms with Crippen molar-refractivity contribution in [2.45, 2.75) is 96.1 Å². The minimum atomic E-state index is -0.721. The topological polar surface area (TPSA) is 80.3 Å². The molecule has 0 aromatic carbocycles. The van der Waals surface area contributed by atoms with Gasteiger partial charge in [-0.1, -0.05) is 13.3 Å². The summed E-state index contributed by atoms with van der Waals surface area (Å²) in [6, 6.07) is 0. The fraction of sp³-hybridized carbons (Fsp3) is 0.895. The third-order valence-corrected chi connectivity index (χ3v) is 5.73.